The van der Waals surface area contributed by atoms with Gasteiger partial charge in [0.2, 0.25) is 0 Å². The van der Waals surface area contributed by atoms with Crippen molar-refractivity contribution in [2.75, 3.05) is 18.6 Å². The van der Waals surface area contributed by atoms with Crippen molar-refractivity contribution in [2.24, 2.45) is 0 Å². The predicted molar refractivity (Wildman–Crippen MR) is 73.0 cm³/mol. The zero-order chi connectivity index (χ0) is 14.0. The fourth-order valence-electron chi connectivity index (χ4n) is 2.09. The molecule has 2 rings (SSSR count). The molecular formula is C13H19NO4S. The fraction of sp³-hybridized carbons (Fsp3) is 0.538. The molecule has 3 atom stereocenters. The lowest BCUT2D eigenvalue weighted by molar-refractivity contribution is 0.0738. The number of rotatable bonds is 4. The van der Waals surface area contributed by atoms with Crippen LogP contribution in [0.1, 0.15) is 18.5 Å². The zero-order valence-electron chi connectivity index (χ0n) is 11.0. The summed E-state index contributed by atoms with van der Waals surface area (Å²) in [5.74, 6) is 0.239. The highest BCUT2D eigenvalue weighted by molar-refractivity contribution is 7.91. The average Bonchev–Trinajstić information content (AvgIpc) is 2.62. The van der Waals surface area contributed by atoms with Crippen LogP contribution in [0.4, 0.5) is 0 Å². The van der Waals surface area contributed by atoms with Crippen molar-refractivity contribution in [3.8, 4) is 5.75 Å². The quantitative estimate of drug-likeness (QED) is 0.843. The SMILES string of the molecule is CNC(C)c1ccc(OC2CS(=O)(=O)CC2O)cc1. The van der Waals surface area contributed by atoms with Gasteiger partial charge in [-0.3, -0.25) is 0 Å². The van der Waals surface area contributed by atoms with E-state index in [9.17, 15) is 13.5 Å². The predicted octanol–water partition coefficient (Wildman–Crippen LogP) is 0.504. The molecule has 106 valence electrons. The van der Waals surface area contributed by atoms with Crippen LogP contribution < -0.4 is 10.1 Å². The first-order valence-electron chi connectivity index (χ1n) is 6.23. The van der Waals surface area contributed by atoms with Crippen LogP contribution in [-0.4, -0.2) is 44.3 Å². The van der Waals surface area contributed by atoms with Crippen LogP contribution >= 0.6 is 0 Å². The smallest absolute Gasteiger partial charge is 0.156 e. The van der Waals surface area contributed by atoms with E-state index in [0.717, 1.165) is 5.56 Å². The summed E-state index contributed by atoms with van der Waals surface area (Å²) in [6, 6.07) is 7.67. The standard InChI is InChI=1S/C13H19NO4S/c1-9(14-2)10-3-5-11(6-4-10)18-13-8-19(16,17)7-12(13)15/h3-6,9,12-15H,7-8H2,1-2H3. The highest BCUT2D eigenvalue weighted by Gasteiger charge is 2.38. The first kappa shape index (κ1) is 14.3. The molecule has 2 N–H and O–H groups in total. The van der Waals surface area contributed by atoms with Gasteiger partial charge in [-0.1, -0.05) is 12.1 Å². The Bertz CT molecular complexity index is 526. The summed E-state index contributed by atoms with van der Waals surface area (Å²) in [4.78, 5) is 0. The summed E-state index contributed by atoms with van der Waals surface area (Å²) < 4.78 is 28.3. The molecule has 0 saturated carbocycles. The van der Waals surface area contributed by atoms with Crippen molar-refractivity contribution in [3.05, 3.63) is 29.8 Å². The summed E-state index contributed by atoms with van der Waals surface area (Å²) in [6.45, 7) is 2.04. The Balaban J connectivity index is 2.04. The highest BCUT2D eigenvalue weighted by Crippen LogP contribution is 2.22. The number of aliphatic hydroxyl groups excluding tert-OH is 1. The van der Waals surface area contributed by atoms with Gasteiger partial charge in [-0.25, -0.2) is 8.42 Å². The molecule has 1 aromatic carbocycles. The molecule has 0 amide bonds. The first-order valence-corrected chi connectivity index (χ1v) is 8.06. The van der Waals surface area contributed by atoms with Gasteiger partial charge in [0.1, 0.15) is 18.0 Å². The van der Waals surface area contributed by atoms with E-state index in [0.29, 0.717) is 5.75 Å². The van der Waals surface area contributed by atoms with Crippen LogP contribution in [0.2, 0.25) is 0 Å². The molecule has 5 nitrogen and oxygen atoms in total. The highest BCUT2D eigenvalue weighted by atomic mass is 32.2. The average molecular weight is 285 g/mol. The molecule has 0 aromatic heterocycles. The van der Waals surface area contributed by atoms with E-state index < -0.39 is 22.0 Å². The minimum absolute atomic E-state index is 0.122. The van der Waals surface area contributed by atoms with Crippen LogP contribution in [0, 0.1) is 0 Å². The van der Waals surface area contributed by atoms with Crippen LogP contribution in [0.5, 0.6) is 5.75 Å². The van der Waals surface area contributed by atoms with Crippen LogP contribution in [0.25, 0.3) is 0 Å². The normalized spacial score (nSPS) is 27.1. The minimum Gasteiger partial charge on any atom is -0.487 e. The Hall–Kier alpha value is -1.11. The van der Waals surface area contributed by atoms with Crippen LogP contribution in [-0.2, 0) is 9.84 Å². The van der Waals surface area contributed by atoms with Crippen molar-refractivity contribution < 1.29 is 18.3 Å². The van der Waals surface area contributed by atoms with E-state index in [1.54, 1.807) is 12.1 Å². The van der Waals surface area contributed by atoms with Gasteiger partial charge < -0.3 is 15.2 Å². The summed E-state index contributed by atoms with van der Waals surface area (Å²) in [6.07, 6.45) is -1.61. The maximum atomic E-state index is 11.4. The van der Waals surface area contributed by atoms with E-state index in [2.05, 4.69) is 5.32 Å². The van der Waals surface area contributed by atoms with Gasteiger partial charge in [0.05, 0.1) is 11.5 Å². The van der Waals surface area contributed by atoms with Crippen molar-refractivity contribution in [3.63, 3.8) is 0 Å². The Morgan fingerprint density at radius 3 is 2.42 bits per heavy atom. The van der Waals surface area contributed by atoms with E-state index >= 15 is 0 Å². The molecular weight excluding hydrogens is 266 g/mol. The van der Waals surface area contributed by atoms with Crippen LogP contribution in [0.15, 0.2) is 24.3 Å². The second kappa shape index (κ2) is 5.48. The zero-order valence-corrected chi connectivity index (χ0v) is 11.9. The van der Waals surface area contributed by atoms with Crippen molar-refractivity contribution in [1.82, 2.24) is 5.32 Å². The van der Waals surface area contributed by atoms with Crippen molar-refractivity contribution in [1.29, 1.82) is 0 Å². The van der Waals surface area contributed by atoms with Gasteiger partial charge in [-0.15, -0.1) is 0 Å². The molecule has 1 fully saturated rings. The molecule has 0 spiro atoms. The lowest BCUT2D eigenvalue weighted by atomic mass is 10.1. The Kier molecular flexibility index (Phi) is 4.13. The molecule has 1 heterocycles. The third-order valence-electron chi connectivity index (χ3n) is 3.37. The van der Waals surface area contributed by atoms with Gasteiger partial charge >= 0.3 is 0 Å². The Morgan fingerprint density at radius 2 is 1.95 bits per heavy atom. The number of benzene rings is 1. The topological polar surface area (TPSA) is 75.6 Å². The van der Waals surface area contributed by atoms with Gasteiger partial charge in [-0.05, 0) is 31.7 Å². The second-order valence-corrected chi connectivity index (χ2v) is 7.03. The van der Waals surface area contributed by atoms with E-state index in [4.69, 9.17) is 4.74 Å². The second-order valence-electron chi connectivity index (χ2n) is 4.88. The molecule has 0 radical (unpaired) electrons. The summed E-state index contributed by atoms with van der Waals surface area (Å²) in [5.41, 5.74) is 1.12. The largest absolute Gasteiger partial charge is 0.487 e. The van der Waals surface area contributed by atoms with Gasteiger partial charge in [0.15, 0.2) is 9.84 Å². The van der Waals surface area contributed by atoms with E-state index in [1.165, 1.54) is 0 Å². The Labute approximate surface area is 113 Å². The van der Waals surface area contributed by atoms with Crippen molar-refractivity contribution in [2.45, 2.75) is 25.2 Å². The molecule has 19 heavy (non-hydrogen) atoms. The number of sulfone groups is 1. The molecule has 1 saturated heterocycles. The molecule has 0 bridgehead atoms. The fourth-order valence-corrected chi connectivity index (χ4v) is 3.75. The summed E-state index contributed by atoms with van der Waals surface area (Å²) in [5, 5.41) is 12.8. The van der Waals surface area contributed by atoms with E-state index in [-0.39, 0.29) is 17.5 Å². The monoisotopic (exact) mass is 285 g/mol. The molecule has 1 aromatic rings. The number of hydrogen-bond acceptors (Lipinski definition) is 5. The van der Waals surface area contributed by atoms with Gasteiger partial charge in [-0.2, -0.15) is 0 Å². The molecule has 1 aliphatic heterocycles. The number of ether oxygens (including phenoxy) is 1. The van der Waals surface area contributed by atoms with Crippen molar-refractivity contribution >= 4 is 9.84 Å². The number of hydrogen-bond donors (Lipinski definition) is 2. The van der Waals surface area contributed by atoms with Gasteiger partial charge in [0.25, 0.3) is 0 Å². The maximum Gasteiger partial charge on any atom is 0.156 e. The third kappa shape index (κ3) is 3.46. The summed E-state index contributed by atoms with van der Waals surface area (Å²) in [7, 11) is -1.29. The summed E-state index contributed by atoms with van der Waals surface area (Å²) >= 11 is 0. The lowest BCUT2D eigenvalue weighted by Crippen LogP contribution is -2.29. The molecule has 0 aliphatic carbocycles. The number of aliphatic hydroxyl groups is 1. The van der Waals surface area contributed by atoms with Crippen LogP contribution in [0.3, 0.4) is 0 Å². The lowest BCUT2D eigenvalue weighted by Gasteiger charge is -2.16. The van der Waals surface area contributed by atoms with Gasteiger partial charge in [0, 0.05) is 6.04 Å². The molecule has 1 aliphatic rings. The molecule has 3 unspecified atom stereocenters. The number of nitrogens with one attached hydrogen (secondary N) is 1. The molecule has 6 heteroatoms. The third-order valence-corrected chi connectivity index (χ3v) is 5.06. The Morgan fingerprint density at radius 1 is 1.32 bits per heavy atom. The van der Waals surface area contributed by atoms with E-state index in [1.807, 2.05) is 26.1 Å². The maximum absolute atomic E-state index is 11.4. The minimum atomic E-state index is -3.18. The first-order chi connectivity index (χ1) is 8.91.